The van der Waals surface area contributed by atoms with Gasteiger partial charge in [0.25, 0.3) is 5.91 Å². The second-order valence-electron chi connectivity index (χ2n) is 6.92. The summed E-state index contributed by atoms with van der Waals surface area (Å²) in [6, 6.07) is 3.02. The van der Waals surface area contributed by atoms with E-state index in [1.165, 1.54) is 6.07 Å². The number of hydrogen-bond donors (Lipinski definition) is 1. The molecule has 0 saturated carbocycles. The summed E-state index contributed by atoms with van der Waals surface area (Å²) in [4.78, 5) is 25.5. The molecule has 1 aromatic carbocycles. The van der Waals surface area contributed by atoms with Gasteiger partial charge in [-0.2, -0.15) is 0 Å². The number of benzene rings is 1. The van der Waals surface area contributed by atoms with E-state index in [4.69, 9.17) is 4.74 Å². The first-order valence-corrected chi connectivity index (χ1v) is 7.87. The van der Waals surface area contributed by atoms with E-state index in [0.29, 0.717) is 19.6 Å². The number of nitrogens with one attached hydrogen (secondary N) is 1. The molecular formula is C17H22F2N2O3. The van der Waals surface area contributed by atoms with E-state index in [0.717, 1.165) is 18.6 Å². The van der Waals surface area contributed by atoms with Crippen molar-refractivity contribution in [3.05, 3.63) is 35.4 Å². The van der Waals surface area contributed by atoms with Crippen LogP contribution in [0.2, 0.25) is 0 Å². The van der Waals surface area contributed by atoms with Crippen molar-refractivity contribution in [1.29, 1.82) is 0 Å². The fraction of sp³-hybridized carbons (Fsp3) is 0.529. The maximum atomic E-state index is 13.1. The van der Waals surface area contributed by atoms with Gasteiger partial charge in [0.2, 0.25) is 0 Å². The lowest BCUT2D eigenvalue weighted by molar-refractivity contribution is 0.0288. The maximum absolute atomic E-state index is 13.1. The Morgan fingerprint density at radius 2 is 2.00 bits per heavy atom. The minimum absolute atomic E-state index is 0.0656. The molecule has 5 nitrogen and oxygen atoms in total. The van der Waals surface area contributed by atoms with Gasteiger partial charge in [-0.3, -0.25) is 4.79 Å². The number of ether oxygens (including phenoxy) is 1. The molecule has 0 unspecified atom stereocenters. The van der Waals surface area contributed by atoms with Gasteiger partial charge < -0.3 is 15.0 Å². The van der Waals surface area contributed by atoms with Gasteiger partial charge in [-0.1, -0.05) is 0 Å². The van der Waals surface area contributed by atoms with Crippen LogP contribution in [0.5, 0.6) is 0 Å². The van der Waals surface area contributed by atoms with Crippen molar-refractivity contribution in [1.82, 2.24) is 10.2 Å². The van der Waals surface area contributed by atoms with Crippen LogP contribution >= 0.6 is 0 Å². The lowest BCUT2D eigenvalue weighted by atomic mass is 10.1. The van der Waals surface area contributed by atoms with E-state index < -0.39 is 23.1 Å². The van der Waals surface area contributed by atoms with Crippen molar-refractivity contribution in [2.75, 3.05) is 19.6 Å². The molecule has 1 heterocycles. The molecule has 1 N–H and O–H groups in total. The lowest BCUT2D eigenvalue weighted by Crippen LogP contribution is -2.36. The molecule has 2 rings (SSSR count). The van der Waals surface area contributed by atoms with Gasteiger partial charge in [-0.15, -0.1) is 0 Å². The molecule has 1 atom stereocenters. The highest BCUT2D eigenvalue weighted by Gasteiger charge is 2.29. The number of likely N-dealkylation sites (tertiary alicyclic amines) is 1. The third kappa shape index (κ3) is 4.91. The van der Waals surface area contributed by atoms with Gasteiger partial charge in [-0.05, 0) is 51.3 Å². The van der Waals surface area contributed by atoms with Gasteiger partial charge in [0, 0.05) is 25.2 Å². The number of carbonyl (C=O) groups is 2. The van der Waals surface area contributed by atoms with E-state index in [9.17, 15) is 18.4 Å². The Kier molecular flexibility index (Phi) is 5.41. The molecular weight excluding hydrogens is 318 g/mol. The summed E-state index contributed by atoms with van der Waals surface area (Å²) >= 11 is 0. The van der Waals surface area contributed by atoms with E-state index in [-0.39, 0.29) is 17.6 Å². The SMILES string of the molecule is CC(C)(C)OC(=O)N1CC[C@H](CNC(=O)c2ccc(F)c(F)c2)C1. The standard InChI is InChI=1S/C17H22F2N2O3/c1-17(2,3)24-16(23)21-7-6-11(10-21)9-20-15(22)12-4-5-13(18)14(19)8-12/h4-5,8,11H,6-7,9-10H2,1-3H3,(H,20,22)/t11-/m1/s1. The average Bonchev–Trinajstić information content (AvgIpc) is 2.95. The molecule has 0 aliphatic carbocycles. The van der Waals surface area contributed by atoms with E-state index in [1.807, 2.05) is 0 Å². The highest BCUT2D eigenvalue weighted by atomic mass is 19.2. The second kappa shape index (κ2) is 7.15. The van der Waals surface area contributed by atoms with Gasteiger partial charge in [0.05, 0.1) is 0 Å². The number of amides is 2. The summed E-state index contributed by atoms with van der Waals surface area (Å²) in [6.07, 6.45) is 0.383. The van der Waals surface area contributed by atoms with Crippen LogP contribution in [-0.4, -0.2) is 42.1 Å². The Hall–Kier alpha value is -2.18. The monoisotopic (exact) mass is 340 g/mol. The first kappa shape index (κ1) is 18.2. The molecule has 1 saturated heterocycles. The number of halogens is 2. The third-order valence-corrected chi connectivity index (χ3v) is 3.67. The molecule has 2 amide bonds. The van der Waals surface area contributed by atoms with Crippen molar-refractivity contribution in [2.45, 2.75) is 32.8 Å². The molecule has 0 spiro atoms. The fourth-order valence-corrected chi connectivity index (χ4v) is 2.47. The topological polar surface area (TPSA) is 58.6 Å². The Morgan fingerprint density at radius 3 is 2.62 bits per heavy atom. The average molecular weight is 340 g/mol. The van der Waals surface area contributed by atoms with Gasteiger partial charge in [-0.25, -0.2) is 13.6 Å². The van der Waals surface area contributed by atoms with E-state index in [2.05, 4.69) is 5.32 Å². The van der Waals surface area contributed by atoms with E-state index >= 15 is 0 Å². The predicted molar refractivity (Wildman–Crippen MR) is 84.6 cm³/mol. The number of rotatable bonds is 3. The van der Waals surface area contributed by atoms with Crippen molar-refractivity contribution >= 4 is 12.0 Å². The molecule has 24 heavy (non-hydrogen) atoms. The molecule has 0 bridgehead atoms. The summed E-state index contributed by atoms with van der Waals surface area (Å²) in [5, 5.41) is 2.69. The summed E-state index contributed by atoms with van der Waals surface area (Å²) in [7, 11) is 0. The highest BCUT2D eigenvalue weighted by molar-refractivity contribution is 5.94. The zero-order valence-electron chi connectivity index (χ0n) is 14.1. The van der Waals surface area contributed by atoms with Crippen LogP contribution in [0.1, 0.15) is 37.6 Å². The molecule has 0 radical (unpaired) electrons. The van der Waals surface area contributed by atoms with Gasteiger partial charge in [0.1, 0.15) is 5.60 Å². The molecule has 132 valence electrons. The Morgan fingerprint density at radius 1 is 1.29 bits per heavy atom. The minimum Gasteiger partial charge on any atom is -0.444 e. The van der Waals surface area contributed by atoms with Crippen LogP contribution in [0.4, 0.5) is 13.6 Å². The quantitative estimate of drug-likeness (QED) is 0.920. The van der Waals surface area contributed by atoms with Gasteiger partial charge in [0.15, 0.2) is 11.6 Å². The fourth-order valence-electron chi connectivity index (χ4n) is 2.47. The Bertz CT molecular complexity index is 629. The Balaban J connectivity index is 1.82. The van der Waals surface area contributed by atoms with Crippen molar-refractivity contribution in [3.63, 3.8) is 0 Å². The molecule has 1 fully saturated rings. The summed E-state index contributed by atoms with van der Waals surface area (Å²) in [5.74, 6) is -2.41. The van der Waals surface area contributed by atoms with Crippen LogP contribution in [0.3, 0.4) is 0 Å². The first-order valence-electron chi connectivity index (χ1n) is 7.87. The zero-order chi connectivity index (χ0) is 17.9. The summed E-state index contributed by atoms with van der Waals surface area (Å²) in [5.41, 5.74) is -0.480. The molecule has 1 aliphatic rings. The highest BCUT2D eigenvalue weighted by Crippen LogP contribution is 2.19. The molecule has 1 aromatic rings. The largest absolute Gasteiger partial charge is 0.444 e. The molecule has 1 aliphatic heterocycles. The third-order valence-electron chi connectivity index (χ3n) is 3.67. The zero-order valence-corrected chi connectivity index (χ0v) is 14.1. The lowest BCUT2D eigenvalue weighted by Gasteiger charge is -2.24. The van der Waals surface area contributed by atoms with Crippen LogP contribution in [0, 0.1) is 17.6 Å². The van der Waals surface area contributed by atoms with Crippen LogP contribution in [0.25, 0.3) is 0 Å². The minimum atomic E-state index is -1.06. The Labute approximate surface area is 140 Å². The number of nitrogens with zero attached hydrogens (tertiary/aromatic N) is 1. The van der Waals surface area contributed by atoms with Crippen LogP contribution in [-0.2, 0) is 4.74 Å². The predicted octanol–water partition coefficient (Wildman–Crippen LogP) is 2.95. The number of hydrogen-bond acceptors (Lipinski definition) is 3. The second-order valence-corrected chi connectivity index (χ2v) is 6.92. The normalized spacial score (nSPS) is 17.7. The number of carbonyl (C=O) groups excluding carboxylic acids is 2. The smallest absolute Gasteiger partial charge is 0.410 e. The summed E-state index contributed by atoms with van der Waals surface area (Å²) in [6.45, 7) is 6.84. The molecule has 0 aromatic heterocycles. The van der Waals surface area contributed by atoms with Crippen molar-refractivity contribution in [2.24, 2.45) is 5.92 Å². The van der Waals surface area contributed by atoms with Crippen LogP contribution in [0.15, 0.2) is 18.2 Å². The maximum Gasteiger partial charge on any atom is 0.410 e. The summed E-state index contributed by atoms with van der Waals surface area (Å²) < 4.78 is 31.3. The molecule has 7 heteroatoms. The van der Waals surface area contributed by atoms with Crippen molar-refractivity contribution < 1.29 is 23.1 Å². The van der Waals surface area contributed by atoms with E-state index in [1.54, 1.807) is 25.7 Å². The first-order chi connectivity index (χ1) is 11.2. The van der Waals surface area contributed by atoms with Gasteiger partial charge >= 0.3 is 6.09 Å². The van der Waals surface area contributed by atoms with Crippen molar-refractivity contribution in [3.8, 4) is 0 Å². The van der Waals surface area contributed by atoms with Crippen LogP contribution < -0.4 is 5.32 Å².